The molecule has 7 heteroatoms. The van der Waals surface area contributed by atoms with Crippen molar-refractivity contribution in [3.8, 4) is 0 Å². The highest BCUT2D eigenvalue weighted by atomic mass is 19.1. The van der Waals surface area contributed by atoms with Crippen LogP contribution in [0.3, 0.4) is 0 Å². The summed E-state index contributed by atoms with van der Waals surface area (Å²) in [4.78, 5) is 16.7. The van der Waals surface area contributed by atoms with Crippen LogP contribution in [0.4, 0.5) is 4.39 Å². The highest BCUT2D eigenvalue weighted by Crippen LogP contribution is 2.21. The van der Waals surface area contributed by atoms with Gasteiger partial charge in [-0.3, -0.25) is 9.48 Å². The van der Waals surface area contributed by atoms with Gasteiger partial charge in [0.15, 0.2) is 0 Å². The molecule has 0 radical (unpaired) electrons. The summed E-state index contributed by atoms with van der Waals surface area (Å²) in [6.07, 6.45) is 6.83. The molecule has 0 aromatic carbocycles. The summed E-state index contributed by atoms with van der Waals surface area (Å²) in [6, 6.07) is 2.83. The highest BCUT2D eigenvalue weighted by Gasteiger charge is 2.20. The Morgan fingerprint density at radius 3 is 2.75 bits per heavy atom. The molecular formula is C17H20FN5O. The Morgan fingerprint density at radius 1 is 1.29 bits per heavy atom. The van der Waals surface area contributed by atoms with Crippen molar-refractivity contribution in [1.82, 2.24) is 24.5 Å². The van der Waals surface area contributed by atoms with E-state index in [-0.39, 0.29) is 30.1 Å². The summed E-state index contributed by atoms with van der Waals surface area (Å²) in [6.45, 7) is 4.09. The molecule has 3 aromatic heterocycles. The molecule has 0 aliphatic heterocycles. The Hall–Kier alpha value is -2.70. The molecule has 3 rings (SSSR count). The van der Waals surface area contributed by atoms with Crippen LogP contribution in [-0.4, -0.2) is 25.1 Å². The van der Waals surface area contributed by atoms with Gasteiger partial charge in [-0.2, -0.15) is 5.10 Å². The standard InChI is InChI=1S/C17H20FN5O/c1-11(2)17(12-7-19-22(3)8-12)21-16(24)6-14-10-23-9-13(18)4-5-15(23)20-14/h4-5,7-11,17H,6H2,1-3H3,(H,21,24). The van der Waals surface area contributed by atoms with Gasteiger partial charge in [-0.25, -0.2) is 9.37 Å². The first-order valence-corrected chi connectivity index (χ1v) is 7.83. The molecule has 0 saturated carbocycles. The van der Waals surface area contributed by atoms with E-state index < -0.39 is 0 Å². The van der Waals surface area contributed by atoms with Crippen molar-refractivity contribution >= 4 is 11.6 Å². The van der Waals surface area contributed by atoms with Crippen LogP contribution in [0.5, 0.6) is 0 Å². The fourth-order valence-electron chi connectivity index (χ4n) is 2.73. The molecule has 1 amide bonds. The van der Waals surface area contributed by atoms with Crippen LogP contribution in [-0.2, 0) is 18.3 Å². The number of aromatic nitrogens is 4. The first-order valence-electron chi connectivity index (χ1n) is 7.83. The molecule has 24 heavy (non-hydrogen) atoms. The third-order valence-corrected chi connectivity index (χ3v) is 3.87. The molecule has 3 aromatic rings. The van der Waals surface area contributed by atoms with Gasteiger partial charge in [0, 0.05) is 31.2 Å². The van der Waals surface area contributed by atoms with Gasteiger partial charge in [0.2, 0.25) is 5.91 Å². The molecule has 1 N–H and O–H groups in total. The number of pyridine rings is 1. The number of carbonyl (C=O) groups is 1. The SMILES string of the molecule is CC(C)C(NC(=O)Cc1cn2cc(F)ccc2n1)c1cnn(C)c1. The second kappa shape index (κ2) is 6.43. The number of nitrogens with zero attached hydrogens (tertiary/aromatic N) is 4. The smallest absolute Gasteiger partial charge is 0.226 e. The van der Waals surface area contributed by atoms with Crippen LogP contribution in [0, 0.1) is 11.7 Å². The van der Waals surface area contributed by atoms with Crippen LogP contribution < -0.4 is 5.32 Å². The molecule has 0 aliphatic carbocycles. The van der Waals surface area contributed by atoms with Crippen molar-refractivity contribution in [3.63, 3.8) is 0 Å². The average molecular weight is 329 g/mol. The summed E-state index contributed by atoms with van der Waals surface area (Å²) in [5.74, 6) is -0.234. The first kappa shape index (κ1) is 16.2. The summed E-state index contributed by atoms with van der Waals surface area (Å²) in [5.41, 5.74) is 2.19. The summed E-state index contributed by atoms with van der Waals surface area (Å²) in [5, 5.41) is 7.20. The molecule has 0 fully saturated rings. The van der Waals surface area contributed by atoms with Gasteiger partial charge in [0.25, 0.3) is 0 Å². The second-order valence-electron chi connectivity index (χ2n) is 6.26. The number of fused-ring (bicyclic) bond motifs is 1. The molecule has 1 unspecified atom stereocenters. The normalized spacial score (nSPS) is 12.7. The van der Waals surface area contributed by atoms with Crippen molar-refractivity contribution in [2.24, 2.45) is 13.0 Å². The van der Waals surface area contributed by atoms with E-state index in [1.807, 2.05) is 27.1 Å². The number of carbonyl (C=O) groups excluding carboxylic acids is 1. The second-order valence-corrected chi connectivity index (χ2v) is 6.26. The van der Waals surface area contributed by atoms with Crippen LogP contribution in [0.25, 0.3) is 5.65 Å². The first-order chi connectivity index (χ1) is 11.4. The van der Waals surface area contributed by atoms with Crippen molar-refractivity contribution in [3.05, 3.63) is 54.0 Å². The third kappa shape index (κ3) is 3.45. The minimum Gasteiger partial charge on any atom is -0.349 e. The maximum atomic E-state index is 13.2. The molecule has 6 nitrogen and oxygen atoms in total. The molecule has 0 saturated heterocycles. The van der Waals surface area contributed by atoms with E-state index in [4.69, 9.17) is 0 Å². The van der Waals surface area contributed by atoms with Crippen molar-refractivity contribution < 1.29 is 9.18 Å². The number of nitrogens with one attached hydrogen (secondary N) is 1. The predicted octanol–water partition coefficient (Wildman–Crippen LogP) is 2.26. The summed E-state index contributed by atoms with van der Waals surface area (Å²) >= 11 is 0. The Bertz CT molecular complexity index is 867. The third-order valence-electron chi connectivity index (χ3n) is 3.87. The molecule has 0 bridgehead atoms. The van der Waals surface area contributed by atoms with Crippen molar-refractivity contribution in [2.75, 3.05) is 0 Å². The molecule has 0 aliphatic rings. The number of aryl methyl sites for hydroxylation is 1. The van der Waals surface area contributed by atoms with Crippen molar-refractivity contribution in [2.45, 2.75) is 26.3 Å². The minimum atomic E-state index is -0.340. The number of amides is 1. The molecule has 1 atom stereocenters. The van der Waals surface area contributed by atoms with E-state index in [2.05, 4.69) is 15.4 Å². The van der Waals surface area contributed by atoms with E-state index in [1.165, 1.54) is 12.3 Å². The zero-order chi connectivity index (χ0) is 17.3. The summed E-state index contributed by atoms with van der Waals surface area (Å²) in [7, 11) is 1.85. The zero-order valence-electron chi connectivity index (χ0n) is 13.9. The molecule has 3 heterocycles. The zero-order valence-corrected chi connectivity index (χ0v) is 13.9. The van der Waals surface area contributed by atoms with Gasteiger partial charge in [-0.05, 0) is 18.1 Å². The Labute approximate surface area is 139 Å². The lowest BCUT2D eigenvalue weighted by Crippen LogP contribution is -2.32. The molecular weight excluding hydrogens is 309 g/mol. The maximum absolute atomic E-state index is 13.2. The number of halogens is 1. The van der Waals surface area contributed by atoms with E-state index in [0.29, 0.717) is 11.3 Å². The fraction of sp³-hybridized carbons (Fsp3) is 0.353. The Kier molecular flexibility index (Phi) is 4.33. The van der Waals surface area contributed by atoms with Gasteiger partial charge >= 0.3 is 0 Å². The van der Waals surface area contributed by atoms with Crippen molar-refractivity contribution in [1.29, 1.82) is 0 Å². The van der Waals surface area contributed by atoms with Crippen LogP contribution in [0.15, 0.2) is 36.9 Å². The van der Waals surface area contributed by atoms with Crippen LogP contribution in [0.2, 0.25) is 0 Å². The van der Waals surface area contributed by atoms with E-state index >= 15 is 0 Å². The molecule has 0 spiro atoms. The van der Waals surface area contributed by atoms with E-state index in [0.717, 1.165) is 5.56 Å². The van der Waals surface area contributed by atoms with E-state index in [1.54, 1.807) is 27.5 Å². The van der Waals surface area contributed by atoms with Crippen LogP contribution in [0.1, 0.15) is 31.1 Å². The lowest BCUT2D eigenvalue weighted by Gasteiger charge is -2.21. The monoisotopic (exact) mass is 329 g/mol. The summed E-state index contributed by atoms with van der Waals surface area (Å²) < 4.78 is 16.5. The van der Waals surface area contributed by atoms with E-state index in [9.17, 15) is 9.18 Å². The Morgan fingerprint density at radius 2 is 2.08 bits per heavy atom. The number of imidazole rings is 1. The average Bonchev–Trinajstić information content (AvgIpc) is 3.09. The number of hydrogen-bond acceptors (Lipinski definition) is 3. The fourth-order valence-corrected chi connectivity index (χ4v) is 2.73. The number of hydrogen-bond donors (Lipinski definition) is 1. The van der Waals surface area contributed by atoms with Gasteiger partial charge in [0.05, 0.1) is 24.4 Å². The van der Waals surface area contributed by atoms with Gasteiger partial charge < -0.3 is 9.72 Å². The lowest BCUT2D eigenvalue weighted by molar-refractivity contribution is -0.121. The topological polar surface area (TPSA) is 64.2 Å². The van der Waals surface area contributed by atoms with Crippen LogP contribution >= 0.6 is 0 Å². The largest absolute Gasteiger partial charge is 0.349 e. The minimum absolute atomic E-state index is 0.110. The van der Waals surface area contributed by atoms with Gasteiger partial charge in [-0.15, -0.1) is 0 Å². The predicted molar refractivity (Wildman–Crippen MR) is 87.8 cm³/mol. The lowest BCUT2D eigenvalue weighted by atomic mass is 9.98. The Balaban J connectivity index is 1.73. The van der Waals surface area contributed by atoms with Gasteiger partial charge in [-0.1, -0.05) is 13.8 Å². The number of rotatable bonds is 5. The van der Waals surface area contributed by atoms with Gasteiger partial charge in [0.1, 0.15) is 11.5 Å². The molecule has 126 valence electrons. The quantitative estimate of drug-likeness (QED) is 0.781. The highest BCUT2D eigenvalue weighted by molar-refractivity contribution is 5.78. The maximum Gasteiger partial charge on any atom is 0.226 e.